The lowest BCUT2D eigenvalue weighted by Gasteiger charge is -2.24. The summed E-state index contributed by atoms with van der Waals surface area (Å²) in [6.07, 6.45) is 12.7. The normalized spacial score (nSPS) is 12.9. The summed E-state index contributed by atoms with van der Waals surface area (Å²) in [6.45, 7) is 5.11. The molecular formula is C19H38FNO4S. The molecule has 156 valence electrons. The topological polar surface area (TPSA) is 63.7 Å². The number of carbonyl (C=O) groups excluding carboxylic acids is 1. The summed E-state index contributed by atoms with van der Waals surface area (Å²) in [7, 11) is -3.61. The van der Waals surface area contributed by atoms with Crippen molar-refractivity contribution >= 4 is 16.0 Å². The second-order valence-electron chi connectivity index (χ2n) is 6.84. The molecule has 0 radical (unpaired) electrons. The van der Waals surface area contributed by atoms with E-state index in [4.69, 9.17) is 0 Å². The molecule has 1 amide bonds. The monoisotopic (exact) mass is 395 g/mol. The molecule has 1 unspecified atom stereocenters. The van der Waals surface area contributed by atoms with Crippen molar-refractivity contribution in [1.29, 1.82) is 0 Å². The van der Waals surface area contributed by atoms with Crippen LogP contribution in [-0.4, -0.2) is 44.9 Å². The van der Waals surface area contributed by atoms with E-state index in [-0.39, 0.29) is 0 Å². The van der Waals surface area contributed by atoms with Gasteiger partial charge in [-0.25, -0.2) is 4.39 Å². The largest absolute Gasteiger partial charge is 0.339 e. The van der Waals surface area contributed by atoms with Crippen LogP contribution in [0.3, 0.4) is 0 Å². The molecule has 7 heteroatoms. The summed E-state index contributed by atoms with van der Waals surface area (Å²) >= 11 is 0. The molecule has 0 aliphatic rings. The van der Waals surface area contributed by atoms with E-state index in [0.29, 0.717) is 13.1 Å². The highest BCUT2D eigenvalue weighted by molar-refractivity contribution is 7.87. The molecule has 0 fully saturated rings. The maximum Gasteiger partial charge on any atom is 0.309 e. The molecule has 0 aromatic rings. The van der Waals surface area contributed by atoms with Crippen molar-refractivity contribution in [1.82, 2.24) is 4.90 Å². The molecule has 0 saturated heterocycles. The molecule has 0 N–H and O–H groups in total. The van der Waals surface area contributed by atoms with E-state index in [1.165, 1.54) is 30.6 Å². The minimum absolute atomic E-state index is 0.402. The van der Waals surface area contributed by atoms with E-state index in [2.05, 4.69) is 18.0 Å². The van der Waals surface area contributed by atoms with E-state index in [1.54, 1.807) is 0 Å². The molecule has 26 heavy (non-hydrogen) atoms. The van der Waals surface area contributed by atoms with Crippen molar-refractivity contribution in [2.24, 2.45) is 0 Å². The van der Waals surface area contributed by atoms with Gasteiger partial charge in [-0.05, 0) is 12.8 Å². The number of rotatable bonds is 17. The number of hydrogen-bond acceptors (Lipinski definition) is 4. The van der Waals surface area contributed by atoms with E-state index >= 15 is 0 Å². The number of nitrogens with zero attached hydrogens (tertiary/aromatic N) is 1. The fourth-order valence-corrected chi connectivity index (χ4v) is 3.41. The van der Waals surface area contributed by atoms with Gasteiger partial charge in [0.1, 0.15) is 0 Å². The number of unbranched alkanes of at least 4 members (excludes halogenated alkanes) is 10. The fraction of sp³-hybridized carbons (Fsp3) is 0.947. The number of carbonyl (C=O) groups is 1. The van der Waals surface area contributed by atoms with Crippen molar-refractivity contribution in [3.8, 4) is 0 Å². The maximum absolute atomic E-state index is 14.1. The highest BCUT2D eigenvalue weighted by Crippen LogP contribution is 2.14. The van der Waals surface area contributed by atoms with Gasteiger partial charge >= 0.3 is 15.6 Å². The van der Waals surface area contributed by atoms with Gasteiger partial charge in [0.05, 0.1) is 7.11 Å². The van der Waals surface area contributed by atoms with Crippen LogP contribution in [0.25, 0.3) is 0 Å². The molecule has 0 spiro atoms. The highest BCUT2D eigenvalue weighted by Gasteiger charge is 2.35. The van der Waals surface area contributed by atoms with Gasteiger partial charge in [-0.15, -0.1) is 0 Å². The van der Waals surface area contributed by atoms with E-state index in [1.807, 2.05) is 0 Å². The Balaban J connectivity index is 4.49. The summed E-state index contributed by atoms with van der Waals surface area (Å²) in [4.78, 5) is 13.6. The summed E-state index contributed by atoms with van der Waals surface area (Å²) < 4.78 is 41.2. The lowest BCUT2D eigenvalue weighted by molar-refractivity contribution is -0.134. The Hall–Kier alpha value is -0.690. The Morgan fingerprint density at radius 1 is 0.846 bits per heavy atom. The Morgan fingerprint density at radius 2 is 1.23 bits per heavy atom. The van der Waals surface area contributed by atoms with Crippen molar-refractivity contribution in [2.45, 2.75) is 96.4 Å². The Kier molecular flexibility index (Phi) is 15.0. The van der Waals surface area contributed by atoms with Crippen LogP contribution in [-0.2, 0) is 19.1 Å². The van der Waals surface area contributed by atoms with Gasteiger partial charge in [-0.2, -0.15) is 8.42 Å². The summed E-state index contributed by atoms with van der Waals surface area (Å²) in [5.41, 5.74) is -2.63. The van der Waals surface area contributed by atoms with E-state index in [0.717, 1.165) is 58.5 Å². The number of halogens is 1. The van der Waals surface area contributed by atoms with Crippen molar-refractivity contribution < 1.29 is 21.8 Å². The molecular weight excluding hydrogens is 357 g/mol. The zero-order valence-electron chi connectivity index (χ0n) is 16.8. The van der Waals surface area contributed by atoms with Gasteiger partial charge in [0.15, 0.2) is 0 Å². The molecule has 0 rings (SSSR count). The predicted octanol–water partition coefficient (Wildman–Crippen LogP) is 4.81. The van der Waals surface area contributed by atoms with Crippen LogP contribution in [0.15, 0.2) is 0 Å². The number of amides is 1. The van der Waals surface area contributed by atoms with Crippen molar-refractivity contribution in [3.05, 3.63) is 0 Å². The Morgan fingerprint density at radius 3 is 1.62 bits per heavy atom. The molecule has 0 aliphatic heterocycles. The average Bonchev–Trinajstić information content (AvgIpc) is 2.64. The second-order valence-corrected chi connectivity index (χ2v) is 8.57. The Labute approximate surface area is 159 Å². The van der Waals surface area contributed by atoms with Crippen molar-refractivity contribution in [3.63, 3.8) is 0 Å². The minimum atomic E-state index is -4.49. The molecule has 0 heterocycles. The zero-order chi connectivity index (χ0) is 19.8. The third-order valence-corrected chi connectivity index (χ3v) is 5.73. The average molecular weight is 396 g/mol. The van der Waals surface area contributed by atoms with Gasteiger partial charge < -0.3 is 4.90 Å². The zero-order valence-corrected chi connectivity index (χ0v) is 17.7. The van der Waals surface area contributed by atoms with Crippen LogP contribution in [0.2, 0.25) is 0 Å². The number of hydrogen-bond donors (Lipinski definition) is 0. The van der Waals surface area contributed by atoms with Gasteiger partial charge in [-0.3, -0.25) is 8.98 Å². The predicted molar refractivity (Wildman–Crippen MR) is 104 cm³/mol. The first-order valence-corrected chi connectivity index (χ1v) is 11.6. The maximum atomic E-state index is 14.1. The molecule has 0 aliphatic carbocycles. The minimum Gasteiger partial charge on any atom is -0.339 e. The smallest absolute Gasteiger partial charge is 0.309 e. The number of alkyl halides is 1. The van der Waals surface area contributed by atoms with E-state index in [9.17, 15) is 17.6 Å². The Bertz CT molecular complexity index is 440. The summed E-state index contributed by atoms with van der Waals surface area (Å²) in [5, 5.41) is 0. The third kappa shape index (κ3) is 11.1. The van der Waals surface area contributed by atoms with E-state index < -0.39 is 21.5 Å². The molecule has 1 atom stereocenters. The van der Waals surface area contributed by atoms with Gasteiger partial charge in [0.25, 0.3) is 5.91 Å². The lowest BCUT2D eigenvalue weighted by Crippen LogP contribution is -2.42. The van der Waals surface area contributed by atoms with Gasteiger partial charge in [0.2, 0.25) is 0 Å². The summed E-state index contributed by atoms with van der Waals surface area (Å²) in [6, 6.07) is 0. The first-order chi connectivity index (χ1) is 12.4. The van der Waals surface area contributed by atoms with Crippen LogP contribution in [0, 0.1) is 0 Å². The molecule has 0 bridgehead atoms. The lowest BCUT2D eigenvalue weighted by atomic mass is 10.1. The quantitative estimate of drug-likeness (QED) is 0.262. The molecule has 0 saturated carbocycles. The van der Waals surface area contributed by atoms with Crippen LogP contribution < -0.4 is 0 Å². The standard InChI is InChI=1S/C19H38FNO4S/c1-4-6-8-10-12-14-16-21(17-15-13-11-9-7-5-2)19(22)18(20)26(23,24)25-3/h18H,4-17H2,1-3H3. The first kappa shape index (κ1) is 25.3. The molecule has 5 nitrogen and oxygen atoms in total. The van der Waals surface area contributed by atoms with Gasteiger partial charge in [-0.1, -0.05) is 78.1 Å². The third-order valence-electron chi connectivity index (χ3n) is 4.55. The van der Waals surface area contributed by atoms with Crippen LogP contribution >= 0.6 is 0 Å². The highest BCUT2D eigenvalue weighted by atomic mass is 32.2. The van der Waals surface area contributed by atoms with Crippen molar-refractivity contribution in [2.75, 3.05) is 20.2 Å². The van der Waals surface area contributed by atoms with Crippen LogP contribution in [0.1, 0.15) is 90.9 Å². The summed E-state index contributed by atoms with van der Waals surface area (Å²) in [5.74, 6) is -0.992. The first-order valence-electron chi connectivity index (χ1n) is 10.1. The van der Waals surface area contributed by atoms with Gasteiger partial charge in [0, 0.05) is 13.1 Å². The van der Waals surface area contributed by atoms with Crippen LogP contribution in [0.4, 0.5) is 4.39 Å². The second kappa shape index (κ2) is 15.4. The molecule has 0 aromatic heterocycles. The fourth-order valence-electron chi connectivity index (χ4n) is 2.85. The van der Waals surface area contributed by atoms with Crippen LogP contribution in [0.5, 0.6) is 0 Å². The SMILES string of the molecule is CCCCCCCCN(CCCCCCCC)C(=O)C(F)S(=O)(=O)OC. The molecule has 0 aromatic carbocycles.